The van der Waals surface area contributed by atoms with E-state index in [0.29, 0.717) is 12.2 Å². The highest BCUT2D eigenvalue weighted by molar-refractivity contribution is 5.87. The fourth-order valence-electron chi connectivity index (χ4n) is 5.01. The average Bonchev–Trinajstić information content (AvgIpc) is 3.29. The molecule has 4 aromatic rings. The van der Waals surface area contributed by atoms with Crippen molar-refractivity contribution in [2.75, 3.05) is 18.0 Å². The van der Waals surface area contributed by atoms with E-state index in [1.54, 1.807) is 6.33 Å². The molecule has 2 aromatic heterocycles. The van der Waals surface area contributed by atoms with Crippen LogP contribution in [0.25, 0.3) is 16.7 Å². The van der Waals surface area contributed by atoms with Crippen LogP contribution in [-0.4, -0.2) is 38.7 Å². The van der Waals surface area contributed by atoms with Crippen LogP contribution in [-0.2, 0) is 4.79 Å². The highest BCUT2D eigenvalue weighted by Gasteiger charge is 2.29. The lowest BCUT2D eigenvalue weighted by atomic mass is 9.95. The molecule has 1 fully saturated rings. The second-order valence-corrected chi connectivity index (χ2v) is 9.72. The van der Waals surface area contributed by atoms with E-state index in [4.69, 9.17) is 0 Å². The van der Waals surface area contributed by atoms with Crippen LogP contribution in [0.15, 0.2) is 55.0 Å². The lowest BCUT2D eigenvalue weighted by Gasteiger charge is -2.33. The summed E-state index contributed by atoms with van der Waals surface area (Å²) in [4.78, 5) is 24.4. The Morgan fingerprint density at radius 1 is 1.06 bits per heavy atom. The van der Waals surface area contributed by atoms with E-state index in [1.165, 1.54) is 16.7 Å². The van der Waals surface area contributed by atoms with Gasteiger partial charge in [-0.05, 0) is 63.8 Å². The molecule has 1 N–H and O–H groups in total. The second-order valence-electron chi connectivity index (χ2n) is 9.72. The lowest BCUT2D eigenvalue weighted by molar-refractivity contribution is -0.125. The summed E-state index contributed by atoms with van der Waals surface area (Å²) in [5.41, 5.74) is 6.45. The molecule has 0 saturated carbocycles. The number of nitrogens with zero attached hydrogens (tertiary/aromatic N) is 5. The Labute approximate surface area is 206 Å². The number of nitrogens with one attached hydrogen (secondary N) is 1. The van der Waals surface area contributed by atoms with Crippen LogP contribution in [0.3, 0.4) is 0 Å². The van der Waals surface area contributed by atoms with E-state index in [9.17, 15) is 4.79 Å². The van der Waals surface area contributed by atoms with Crippen LogP contribution in [0.5, 0.6) is 0 Å². The maximum absolute atomic E-state index is 13.2. The van der Waals surface area contributed by atoms with Crippen molar-refractivity contribution in [1.29, 1.82) is 0 Å². The minimum Gasteiger partial charge on any atom is -0.355 e. The number of rotatable bonds is 5. The van der Waals surface area contributed by atoms with Gasteiger partial charge in [0.25, 0.3) is 0 Å². The highest BCUT2D eigenvalue weighted by Crippen LogP contribution is 2.28. The number of aromatic nitrogens is 4. The van der Waals surface area contributed by atoms with Crippen molar-refractivity contribution in [2.45, 2.75) is 46.6 Å². The molecule has 1 aliphatic rings. The molecule has 35 heavy (non-hydrogen) atoms. The zero-order valence-corrected chi connectivity index (χ0v) is 20.8. The minimum absolute atomic E-state index is 0.0306. The third-order valence-corrected chi connectivity index (χ3v) is 6.94. The first-order valence-electron chi connectivity index (χ1n) is 12.3. The number of benzene rings is 2. The van der Waals surface area contributed by atoms with Gasteiger partial charge in [-0.3, -0.25) is 4.79 Å². The molecule has 5 rings (SSSR count). The monoisotopic (exact) mass is 468 g/mol. The molecule has 3 heterocycles. The molecular formula is C28H32N6O. The Balaban J connectivity index is 1.34. The number of hydrogen-bond acceptors (Lipinski definition) is 5. The van der Waals surface area contributed by atoms with Crippen LogP contribution >= 0.6 is 0 Å². The van der Waals surface area contributed by atoms with Crippen molar-refractivity contribution in [3.63, 3.8) is 0 Å². The van der Waals surface area contributed by atoms with Gasteiger partial charge < -0.3 is 10.2 Å². The summed E-state index contributed by atoms with van der Waals surface area (Å²) in [5, 5.41) is 8.82. The second kappa shape index (κ2) is 9.49. The molecule has 0 spiro atoms. The Hall–Kier alpha value is -3.74. The predicted octanol–water partition coefficient (Wildman–Crippen LogP) is 4.83. The molecule has 0 bridgehead atoms. The van der Waals surface area contributed by atoms with Gasteiger partial charge in [0.05, 0.1) is 23.0 Å². The standard InChI is InChI=1S/C28H32N6O/c1-18-7-10-23(11-8-18)34-16-25-26(32-34)29-17-30-27(25)33-13-5-6-22(15-33)28(35)31-21(4)24-12-9-19(2)14-20(24)3/h7-12,14,16-17,21-22H,5-6,13,15H2,1-4H3,(H,31,35)/t21-,22-/m0/s1. The summed E-state index contributed by atoms with van der Waals surface area (Å²) in [6, 6.07) is 14.6. The van der Waals surface area contributed by atoms with Gasteiger partial charge in [0.2, 0.25) is 5.91 Å². The molecule has 1 saturated heterocycles. The maximum Gasteiger partial charge on any atom is 0.225 e. The zero-order valence-electron chi connectivity index (χ0n) is 20.8. The number of anilines is 1. The van der Waals surface area contributed by atoms with Gasteiger partial charge in [0, 0.05) is 19.3 Å². The van der Waals surface area contributed by atoms with Crippen molar-refractivity contribution >= 4 is 22.8 Å². The SMILES string of the molecule is Cc1ccc(-n2cc3c(N4CCC[C@H](C(=O)N[C@@H](C)c5ccc(C)cc5C)C4)ncnc3n2)cc1. The molecule has 0 unspecified atom stereocenters. The predicted molar refractivity (Wildman–Crippen MR) is 139 cm³/mol. The molecule has 0 radical (unpaired) electrons. The minimum atomic E-state index is -0.0888. The number of hydrogen-bond donors (Lipinski definition) is 1. The largest absolute Gasteiger partial charge is 0.355 e. The van der Waals surface area contributed by atoms with E-state index in [-0.39, 0.29) is 17.9 Å². The molecule has 2 aromatic carbocycles. The van der Waals surface area contributed by atoms with Crippen molar-refractivity contribution in [3.8, 4) is 5.69 Å². The van der Waals surface area contributed by atoms with Crippen molar-refractivity contribution in [3.05, 3.63) is 77.2 Å². The van der Waals surface area contributed by atoms with Crippen LogP contribution in [0.2, 0.25) is 0 Å². The zero-order chi connectivity index (χ0) is 24.5. The highest BCUT2D eigenvalue weighted by atomic mass is 16.2. The molecule has 1 aliphatic heterocycles. The summed E-state index contributed by atoms with van der Waals surface area (Å²) >= 11 is 0. The maximum atomic E-state index is 13.2. The number of fused-ring (bicyclic) bond motifs is 1. The van der Waals surface area contributed by atoms with Gasteiger partial charge in [-0.15, -0.1) is 5.10 Å². The van der Waals surface area contributed by atoms with Crippen LogP contribution in [0.4, 0.5) is 5.82 Å². The third kappa shape index (κ3) is 4.76. The van der Waals surface area contributed by atoms with Crippen LogP contribution in [0, 0.1) is 26.7 Å². The number of amides is 1. The first kappa shape index (κ1) is 23.0. The average molecular weight is 469 g/mol. The molecular weight excluding hydrogens is 436 g/mol. The Morgan fingerprint density at radius 2 is 1.83 bits per heavy atom. The van der Waals surface area contributed by atoms with Gasteiger partial charge in [-0.1, -0.05) is 41.5 Å². The third-order valence-electron chi connectivity index (χ3n) is 6.94. The van der Waals surface area contributed by atoms with Gasteiger partial charge in [-0.25, -0.2) is 14.6 Å². The molecule has 180 valence electrons. The van der Waals surface area contributed by atoms with E-state index < -0.39 is 0 Å². The molecule has 7 heteroatoms. The van der Waals surface area contributed by atoms with Gasteiger partial charge >= 0.3 is 0 Å². The quantitative estimate of drug-likeness (QED) is 0.454. The van der Waals surface area contributed by atoms with Gasteiger partial charge in [0.15, 0.2) is 5.65 Å². The molecule has 2 atom stereocenters. The lowest BCUT2D eigenvalue weighted by Crippen LogP contribution is -2.44. The number of piperidine rings is 1. The Morgan fingerprint density at radius 3 is 2.60 bits per heavy atom. The molecule has 1 amide bonds. The number of aryl methyl sites for hydroxylation is 3. The Bertz CT molecular complexity index is 1360. The van der Waals surface area contributed by atoms with E-state index in [0.717, 1.165) is 41.8 Å². The smallest absolute Gasteiger partial charge is 0.225 e. The Kier molecular flexibility index (Phi) is 6.24. The van der Waals surface area contributed by atoms with Crippen molar-refractivity contribution in [1.82, 2.24) is 25.1 Å². The summed E-state index contributed by atoms with van der Waals surface area (Å²) < 4.78 is 1.85. The fourth-order valence-corrected chi connectivity index (χ4v) is 5.01. The topological polar surface area (TPSA) is 75.9 Å². The van der Waals surface area contributed by atoms with Crippen molar-refractivity contribution in [2.24, 2.45) is 5.92 Å². The van der Waals surface area contributed by atoms with Crippen LogP contribution in [0.1, 0.15) is 48.1 Å². The number of carbonyl (C=O) groups excluding carboxylic acids is 1. The molecule has 0 aliphatic carbocycles. The van der Waals surface area contributed by atoms with E-state index in [1.807, 2.05) is 23.0 Å². The fraction of sp³-hybridized carbons (Fsp3) is 0.357. The van der Waals surface area contributed by atoms with Gasteiger partial charge in [-0.2, -0.15) is 0 Å². The van der Waals surface area contributed by atoms with Gasteiger partial charge in [0.1, 0.15) is 12.1 Å². The molecule has 7 nitrogen and oxygen atoms in total. The normalized spacial score (nSPS) is 16.9. The summed E-state index contributed by atoms with van der Waals surface area (Å²) in [6.07, 6.45) is 5.36. The summed E-state index contributed by atoms with van der Waals surface area (Å²) in [6.45, 7) is 9.81. The summed E-state index contributed by atoms with van der Waals surface area (Å²) in [7, 11) is 0. The van der Waals surface area contributed by atoms with Crippen molar-refractivity contribution < 1.29 is 4.79 Å². The van der Waals surface area contributed by atoms with E-state index in [2.05, 4.69) is 83.3 Å². The first-order valence-corrected chi connectivity index (χ1v) is 12.3. The van der Waals surface area contributed by atoms with E-state index >= 15 is 0 Å². The first-order chi connectivity index (χ1) is 16.9. The number of carbonyl (C=O) groups is 1. The summed E-state index contributed by atoms with van der Waals surface area (Å²) in [5.74, 6) is 0.852. The van der Waals surface area contributed by atoms with Crippen LogP contribution < -0.4 is 10.2 Å².